The summed E-state index contributed by atoms with van der Waals surface area (Å²) in [5.41, 5.74) is 0.735. The van der Waals surface area contributed by atoms with Crippen molar-refractivity contribution in [1.29, 1.82) is 0 Å². The van der Waals surface area contributed by atoms with Gasteiger partial charge >= 0.3 is 0 Å². The Kier molecular flexibility index (Phi) is 4.77. The first-order chi connectivity index (χ1) is 10.8. The van der Waals surface area contributed by atoms with Gasteiger partial charge < -0.3 is 0 Å². The Bertz CT molecular complexity index is 836. The summed E-state index contributed by atoms with van der Waals surface area (Å²) < 4.78 is 23.6. The lowest BCUT2D eigenvalue weighted by Crippen LogP contribution is -2.39. The van der Waals surface area contributed by atoms with Gasteiger partial charge in [-0.15, -0.1) is 0 Å². The summed E-state index contributed by atoms with van der Waals surface area (Å²) in [5.74, 6) is -0.187. The summed E-state index contributed by atoms with van der Waals surface area (Å²) in [6.07, 6.45) is 2.11. The smallest absolute Gasteiger partial charge is 0.266 e. The Morgan fingerprint density at radius 3 is 2.65 bits per heavy atom. The second-order valence-electron chi connectivity index (χ2n) is 5.28. The van der Waals surface area contributed by atoms with Crippen LogP contribution in [0.4, 0.5) is 0 Å². The highest BCUT2D eigenvalue weighted by Crippen LogP contribution is 2.36. The summed E-state index contributed by atoms with van der Waals surface area (Å²) in [5, 5.41) is 0.838. The number of benzene rings is 1. The van der Waals surface area contributed by atoms with Crippen molar-refractivity contribution in [1.82, 2.24) is 4.90 Å². The molecule has 0 aliphatic carbocycles. The Labute approximate surface area is 153 Å². The second-order valence-corrected chi connectivity index (χ2v) is 10.0. The number of hydrogen-bond donors (Lipinski definition) is 0. The Morgan fingerprint density at radius 2 is 2.04 bits per heavy atom. The SMILES string of the molecule is O=C1/C(=C\c2ccc(Cl)c(Cl)c2)SC(=S)N1[C@H]1CCS(=O)(=O)C1. The molecule has 0 aromatic heterocycles. The number of carbonyl (C=O) groups excluding carboxylic acids is 1. The Morgan fingerprint density at radius 1 is 1.30 bits per heavy atom. The van der Waals surface area contributed by atoms with Crippen LogP contribution >= 0.6 is 47.2 Å². The molecule has 0 saturated carbocycles. The first-order valence-electron chi connectivity index (χ1n) is 6.69. The predicted octanol–water partition coefficient (Wildman–Crippen LogP) is 3.38. The molecule has 0 unspecified atom stereocenters. The molecule has 1 amide bonds. The number of halogens is 2. The van der Waals surface area contributed by atoms with E-state index in [1.54, 1.807) is 24.3 Å². The van der Waals surface area contributed by atoms with E-state index in [1.165, 1.54) is 16.7 Å². The first kappa shape index (κ1) is 17.2. The minimum absolute atomic E-state index is 0.0283. The maximum Gasteiger partial charge on any atom is 0.266 e. The van der Waals surface area contributed by atoms with Crippen LogP contribution in [0.15, 0.2) is 23.1 Å². The molecule has 2 fully saturated rings. The fraction of sp³-hybridized carbons (Fsp3) is 0.286. The molecule has 2 aliphatic rings. The van der Waals surface area contributed by atoms with Gasteiger partial charge in [0.1, 0.15) is 4.32 Å². The van der Waals surface area contributed by atoms with Gasteiger partial charge in [0.15, 0.2) is 9.84 Å². The molecule has 122 valence electrons. The number of thioether (sulfide) groups is 1. The van der Waals surface area contributed by atoms with E-state index in [0.29, 0.717) is 25.7 Å². The summed E-state index contributed by atoms with van der Waals surface area (Å²) in [6, 6.07) is 4.70. The van der Waals surface area contributed by atoms with Gasteiger partial charge in [-0.05, 0) is 30.2 Å². The third-order valence-electron chi connectivity index (χ3n) is 3.64. The second kappa shape index (κ2) is 6.37. The molecule has 1 aromatic carbocycles. The van der Waals surface area contributed by atoms with E-state index >= 15 is 0 Å². The molecule has 1 atom stereocenters. The zero-order valence-corrected chi connectivity index (χ0v) is 15.6. The molecule has 3 rings (SSSR count). The molecular formula is C14H11Cl2NO3S3. The van der Waals surface area contributed by atoms with Crippen LogP contribution in [-0.4, -0.2) is 41.1 Å². The van der Waals surface area contributed by atoms with Gasteiger partial charge in [0.25, 0.3) is 5.91 Å². The lowest BCUT2D eigenvalue weighted by Gasteiger charge is -2.20. The van der Waals surface area contributed by atoms with Gasteiger partial charge in [-0.2, -0.15) is 0 Å². The van der Waals surface area contributed by atoms with Gasteiger partial charge in [0, 0.05) is 0 Å². The van der Waals surface area contributed by atoms with Gasteiger partial charge in [0.05, 0.1) is 32.5 Å². The van der Waals surface area contributed by atoms with E-state index in [-0.39, 0.29) is 23.5 Å². The molecule has 2 saturated heterocycles. The van der Waals surface area contributed by atoms with Crippen LogP contribution in [0.2, 0.25) is 10.0 Å². The molecule has 0 spiro atoms. The maximum absolute atomic E-state index is 12.6. The summed E-state index contributed by atoms with van der Waals surface area (Å²) in [6.45, 7) is 0. The van der Waals surface area contributed by atoms with E-state index in [1.807, 2.05) is 0 Å². The van der Waals surface area contributed by atoms with Gasteiger partial charge in [0.2, 0.25) is 0 Å². The topological polar surface area (TPSA) is 54.5 Å². The molecule has 0 bridgehead atoms. The zero-order chi connectivity index (χ0) is 16.8. The summed E-state index contributed by atoms with van der Waals surface area (Å²) in [7, 11) is -3.08. The van der Waals surface area contributed by atoms with Crippen molar-refractivity contribution >= 4 is 73.3 Å². The minimum atomic E-state index is -3.08. The van der Waals surface area contributed by atoms with Crippen molar-refractivity contribution in [2.45, 2.75) is 12.5 Å². The van der Waals surface area contributed by atoms with Crippen LogP contribution < -0.4 is 0 Å². The van der Waals surface area contributed by atoms with E-state index in [0.717, 1.165) is 5.56 Å². The molecule has 2 heterocycles. The molecule has 4 nitrogen and oxygen atoms in total. The van der Waals surface area contributed by atoms with Crippen LogP contribution in [0.1, 0.15) is 12.0 Å². The molecule has 9 heteroatoms. The van der Waals surface area contributed by atoms with Crippen molar-refractivity contribution in [2.24, 2.45) is 0 Å². The van der Waals surface area contributed by atoms with E-state index in [2.05, 4.69) is 0 Å². The van der Waals surface area contributed by atoms with Crippen molar-refractivity contribution in [3.05, 3.63) is 38.7 Å². The minimum Gasteiger partial charge on any atom is -0.289 e. The van der Waals surface area contributed by atoms with Crippen molar-refractivity contribution in [2.75, 3.05) is 11.5 Å². The van der Waals surface area contributed by atoms with Crippen molar-refractivity contribution < 1.29 is 13.2 Å². The lowest BCUT2D eigenvalue weighted by atomic mass is 10.2. The molecular weight excluding hydrogens is 397 g/mol. The van der Waals surface area contributed by atoms with Crippen LogP contribution in [-0.2, 0) is 14.6 Å². The molecule has 0 radical (unpaired) electrons. The van der Waals surface area contributed by atoms with E-state index in [4.69, 9.17) is 35.4 Å². The highest BCUT2D eigenvalue weighted by atomic mass is 35.5. The van der Waals surface area contributed by atoms with Gasteiger partial charge in [-0.3, -0.25) is 9.69 Å². The maximum atomic E-state index is 12.6. The number of thiocarbonyl (C=S) groups is 1. The predicted molar refractivity (Wildman–Crippen MR) is 98.5 cm³/mol. The summed E-state index contributed by atoms with van der Waals surface area (Å²) in [4.78, 5) is 14.4. The Balaban J connectivity index is 1.86. The number of sulfone groups is 1. The van der Waals surface area contributed by atoms with Crippen LogP contribution in [0, 0.1) is 0 Å². The standard InChI is InChI=1S/C14H11Cl2NO3S3/c15-10-2-1-8(5-11(10)16)6-12-13(18)17(14(21)22-12)9-3-4-23(19,20)7-9/h1-2,5-6,9H,3-4,7H2/b12-6+/t9-/m0/s1. The molecule has 23 heavy (non-hydrogen) atoms. The highest BCUT2D eigenvalue weighted by molar-refractivity contribution is 8.26. The first-order valence-corrected chi connectivity index (χ1v) is 10.5. The fourth-order valence-electron chi connectivity index (χ4n) is 2.53. The van der Waals surface area contributed by atoms with Gasteiger partial charge in [-0.1, -0.05) is 53.2 Å². The van der Waals surface area contributed by atoms with E-state index < -0.39 is 9.84 Å². The monoisotopic (exact) mass is 407 g/mol. The van der Waals surface area contributed by atoms with Crippen LogP contribution in [0.25, 0.3) is 6.08 Å². The molecule has 2 aliphatic heterocycles. The average molecular weight is 408 g/mol. The number of nitrogens with zero attached hydrogens (tertiary/aromatic N) is 1. The number of carbonyl (C=O) groups is 1. The van der Waals surface area contributed by atoms with Crippen LogP contribution in [0.3, 0.4) is 0 Å². The van der Waals surface area contributed by atoms with Gasteiger partial charge in [-0.25, -0.2) is 8.42 Å². The van der Waals surface area contributed by atoms with Crippen molar-refractivity contribution in [3.8, 4) is 0 Å². The van der Waals surface area contributed by atoms with E-state index in [9.17, 15) is 13.2 Å². The number of rotatable bonds is 2. The highest BCUT2D eigenvalue weighted by Gasteiger charge is 2.42. The number of hydrogen-bond acceptors (Lipinski definition) is 5. The normalized spacial score (nSPS) is 25.6. The molecule has 1 aromatic rings. The number of amides is 1. The summed E-state index contributed by atoms with van der Waals surface area (Å²) >= 11 is 18.3. The lowest BCUT2D eigenvalue weighted by molar-refractivity contribution is -0.123. The third-order valence-corrected chi connectivity index (χ3v) is 7.46. The fourth-order valence-corrected chi connectivity index (χ4v) is 5.93. The largest absolute Gasteiger partial charge is 0.289 e. The zero-order valence-electron chi connectivity index (χ0n) is 11.7. The third kappa shape index (κ3) is 3.58. The average Bonchev–Trinajstić information content (AvgIpc) is 2.94. The molecule has 0 N–H and O–H groups in total. The van der Waals surface area contributed by atoms with Crippen LogP contribution in [0.5, 0.6) is 0 Å². The Hall–Kier alpha value is -0.600. The quantitative estimate of drug-likeness (QED) is 0.555. The van der Waals surface area contributed by atoms with Crippen molar-refractivity contribution in [3.63, 3.8) is 0 Å².